The van der Waals surface area contributed by atoms with Crippen molar-refractivity contribution >= 4 is 29.1 Å². The van der Waals surface area contributed by atoms with Crippen LogP contribution in [0.2, 0.25) is 5.02 Å². The molecule has 0 spiro atoms. The van der Waals surface area contributed by atoms with Crippen LogP contribution in [0.15, 0.2) is 18.2 Å². The first kappa shape index (κ1) is 11.9. The molecule has 0 aromatic heterocycles. The second-order valence-corrected chi connectivity index (χ2v) is 4.70. The number of likely N-dealkylation sites (tertiary alicyclic amines) is 1. The summed E-state index contributed by atoms with van der Waals surface area (Å²) in [5.74, 6) is -0.529. The van der Waals surface area contributed by atoms with Crippen LogP contribution >= 0.6 is 11.6 Å². The first-order valence-electron chi connectivity index (χ1n) is 5.37. The maximum absolute atomic E-state index is 11.7. The van der Waals surface area contributed by atoms with Crippen LogP contribution in [0.4, 0.5) is 5.69 Å². The molecule has 1 aromatic rings. The number of hydrogen-bond donors (Lipinski definition) is 1. The van der Waals surface area contributed by atoms with Gasteiger partial charge in [-0.15, -0.1) is 0 Å². The molecule has 4 nitrogen and oxygen atoms in total. The number of benzene rings is 1. The van der Waals surface area contributed by atoms with Crippen molar-refractivity contribution in [3.05, 3.63) is 28.8 Å². The summed E-state index contributed by atoms with van der Waals surface area (Å²) in [6.07, 6.45) is 0.277. The van der Waals surface area contributed by atoms with Gasteiger partial charge in [0.25, 0.3) is 0 Å². The SMILES string of the molecule is CC1CC(=O)N(Cc2cc(Cl)ccc2N)C1=O. The second kappa shape index (κ2) is 4.37. The Kier molecular flexibility index (Phi) is 3.07. The Balaban J connectivity index is 2.24. The van der Waals surface area contributed by atoms with E-state index in [0.717, 1.165) is 0 Å². The molecule has 0 radical (unpaired) electrons. The number of nitrogen functional groups attached to an aromatic ring is 1. The molecular weight excluding hydrogens is 240 g/mol. The molecule has 1 aromatic carbocycles. The van der Waals surface area contributed by atoms with E-state index in [4.69, 9.17) is 17.3 Å². The zero-order valence-corrected chi connectivity index (χ0v) is 10.2. The van der Waals surface area contributed by atoms with Crippen molar-refractivity contribution in [2.24, 2.45) is 5.92 Å². The zero-order chi connectivity index (χ0) is 12.6. The minimum atomic E-state index is -0.233. The van der Waals surface area contributed by atoms with Crippen molar-refractivity contribution < 1.29 is 9.59 Å². The van der Waals surface area contributed by atoms with E-state index < -0.39 is 0 Å². The number of imide groups is 1. The monoisotopic (exact) mass is 252 g/mol. The second-order valence-electron chi connectivity index (χ2n) is 4.27. The molecule has 1 atom stereocenters. The highest BCUT2D eigenvalue weighted by atomic mass is 35.5. The van der Waals surface area contributed by atoms with E-state index in [9.17, 15) is 9.59 Å². The van der Waals surface area contributed by atoms with Gasteiger partial charge in [-0.2, -0.15) is 0 Å². The molecule has 0 saturated carbocycles. The van der Waals surface area contributed by atoms with Gasteiger partial charge in [0.2, 0.25) is 11.8 Å². The average Bonchev–Trinajstić information content (AvgIpc) is 2.50. The summed E-state index contributed by atoms with van der Waals surface area (Å²) in [6, 6.07) is 5.03. The molecule has 90 valence electrons. The fraction of sp³-hybridized carbons (Fsp3) is 0.333. The highest BCUT2D eigenvalue weighted by Gasteiger charge is 2.35. The lowest BCUT2D eigenvalue weighted by Gasteiger charge is -2.15. The number of rotatable bonds is 2. The zero-order valence-electron chi connectivity index (χ0n) is 9.44. The van der Waals surface area contributed by atoms with E-state index in [0.29, 0.717) is 16.3 Å². The number of nitrogens with zero attached hydrogens (tertiary/aromatic N) is 1. The Morgan fingerprint density at radius 2 is 2.18 bits per heavy atom. The maximum Gasteiger partial charge on any atom is 0.232 e. The number of nitrogens with two attached hydrogens (primary N) is 1. The van der Waals surface area contributed by atoms with Crippen LogP contribution in [0.5, 0.6) is 0 Å². The molecule has 1 aliphatic heterocycles. The first-order valence-corrected chi connectivity index (χ1v) is 5.75. The van der Waals surface area contributed by atoms with Gasteiger partial charge in [0.1, 0.15) is 0 Å². The summed E-state index contributed by atoms with van der Waals surface area (Å²) in [5.41, 5.74) is 7.02. The quantitative estimate of drug-likeness (QED) is 0.645. The van der Waals surface area contributed by atoms with Gasteiger partial charge < -0.3 is 5.73 Å². The number of hydrogen-bond acceptors (Lipinski definition) is 3. The van der Waals surface area contributed by atoms with Gasteiger partial charge in [0.05, 0.1) is 6.54 Å². The summed E-state index contributed by atoms with van der Waals surface area (Å²) in [4.78, 5) is 24.6. The van der Waals surface area contributed by atoms with Gasteiger partial charge in [-0.1, -0.05) is 18.5 Å². The van der Waals surface area contributed by atoms with Crippen LogP contribution in [0.1, 0.15) is 18.9 Å². The minimum Gasteiger partial charge on any atom is -0.398 e. The lowest BCUT2D eigenvalue weighted by molar-refractivity contribution is -0.139. The van der Waals surface area contributed by atoms with Crippen LogP contribution in [-0.4, -0.2) is 16.7 Å². The third-order valence-corrected chi connectivity index (χ3v) is 3.14. The molecule has 17 heavy (non-hydrogen) atoms. The fourth-order valence-electron chi connectivity index (χ4n) is 1.90. The number of halogens is 1. The smallest absolute Gasteiger partial charge is 0.232 e. The molecule has 2 amide bonds. The van der Waals surface area contributed by atoms with Gasteiger partial charge in [0, 0.05) is 23.0 Å². The Hall–Kier alpha value is -1.55. The average molecular weight is 253 g/mol. The number of carbonyl (C=O) groups excluding carboxylic acids is 2. The van der Waals surface area contributed by atoms with E-state index in [2.05, 4.69) is 0 Å². The van der Waals surface area contributed by atoms with Gasteiger partial charge >= 0.3 is 0 Å². The highest BCUT2D eigenvalue weighted by Crippen LogP contribution is 2.25. The lowest BCUT2D eigenvalue weighted by atomic mass is 10.1. The maximum atomic E-state index is 11.7. The van der Waals surface area contributed by atoms with Gasteiger partial charge in [-0.3, -0.25) is 14.5 Å². The van der Waals surface area contributed by atoms with E-state index in [1.165, 1.54) is 4.90 Å². The molecular formula is C12H13ClN2O2. The van der Waals surface area contributed by atoms with Crippen molar-refractivity contribution in [2.45, 2.75) is 19.9 Å². The molecule has 5 heteroatoms. The lowest BCUT2D eigenvalue weighted by Crippen LogP contribution is -2.30. The van der Waals surface area contributed by atoms with Crippen LogP contribution in [0, 0.1) is 5.92 Å². The Labute approximate surface area is 104 Å². The number of anilines is 1. The Morgan fingerprint density at radius 3 is 2.76 bits per heavy atom. The highest BCUT2D eigenvalue weighted by molar-refractivity contribution is 6.30. The van der Waals surface area contributed by atoms with Crippen LogP contribution in [-0.2, 0) is 16.1 Å². The Bertz CT molecular complexity index is 487. The Morgan fingerprint density at radius 1 is 1.47 bits per heavy atom. The predicted molar refractivity (Wildman–Crippen MR) is 65.2 cm³/mol. The fourth-order valence-corrected chi connectivity index (χ4v) is 2.09. The van der Waals surface area contributed by atoms with E-state index in [-0.39, 0.29) is 30.7 Å². The predicted octanol–water partition coefficient (Wildman–Crippen LogP) is 1.82. The summed E-state index contributed by atoms with van der Waals surface area (Å²) in [7, 11) is 0. The molecule has 2 rings (SSSR count). The van der Waals surface area contributed by atoms with E-state index in [1.54, 1.807) is 25.1 Å². The molecule has 1 saturated heterocycles. The van der Waals surface area contributed by atoms with Gasteiger partial charge in [0.15, 0.2) is 0 Å². The summed E-state index contributed by atoms with van der Waals surface area (Å²) < 4.78 is 0. The van der Waals surface area contributed by atoms with Crippen LogP contribution in [0.3, 0.4) is 0 Å². The minimum absolute atomic E-state index is 0.144. The summed E-state index contributed by atoms with van der Waals surface area (Å²) >= 11 is 5.86. The van der Waals surface area contributed by atoms with Crippen LogP contribution < -0.4 is 5.73 Å². The van der Waals surface area contributed by atoms with Crippen molar-refractivity contribution in [1.82, 2.24) is 4.90 Å². The molecule has 1 unspecified atom stereocenters. The molecule has 1 heterocycles. The van der Waals surface area contributed by atoms with Crippen molar-refractivity contribution in [2.75, 3.05) is 5.73 Å². The van der Waals surface area contributed by atoms with E-state index >= 15 is 0 Å². The van der Waals surface area contributed by atoms with Gasteiger partial charge in [-0.25, -0.2) is 0 Å². The molecule has 0 aliphatic carbocycles. The van der Waals surface area contributed by atoms with Gasteiger partial charge in [-0.05, 0) is 23.8 Å². The molecule has 2 N–H and O–H groups in total. The van der Waals surface area contributed by atoms with Crippen LogP contribution in [0.25, 0.3) is 0 Å². The topological polar surface area (TPSA) is 63.4 Å². The number of amides is 2. The molecule has 1 aliphatic rings. The molecule has 1 fully saturated rings. The summed E-state index contributed by atoms with van der Waals surface area (Å²) in [6.45, 7) is 1.95. The number of carbonyl (C=O) groups is 2. The van der Waals surface area contributed by atoms with Crippen molar-refractivity contribution in [3.8, 4) is 0 Å². The largest absolute Gasteiger partial charge is 0.398 e. The standard InChI is InChI=1S/C12H13ClN2O2/c1-7-4-11(16)15(12(7)17)6-8-5-9(13)2-3-10(8)14/h2-3,5,7H,4,6,14H2,1H3. The first-order chi connectivity index (χ1) is 7.99. The summed E-state index contributed by atoms with van der Waals surface area (Å²) in [5, 5.41) is 0.543. The third kappa shape index (κ3) is 2.26. The van der Waals surface area contributed by atoms with E-state index in [1.807, 2.05) is 0 Å². The van der Waals surface area contributed by atoms with Crippen molar-refractivity contribution in [3.63, 3.8) is 0 Å². The normalized spacial score (nSPS) is 20.1. The molecule has 0 bridgehead atoms. The third-order valence-electron chi connectivity index (χ3n) is 2.90. The van der Waals surface area contributed by atoms with Crippen molar-refractivity contribution in [1.29, 1.82) is 0 Å².